The summed E-state index contributed by atoms with van der Waals surface area (Å²) in [6, 6.07) is 8.64. The minimum atomic E-state index is -0.289. The molecular weight excluding hydrogens is 339 g/mol. The van der Waals surface area contributed by atoms with Crippen LogP contribution >= 0.6 is 38.9 Å². The van der Waals surface area contributed by atoms with Gasteiger partial charge in [0.1, 0.15) is 5.82 Å². The van der Waals surface area contributed by atoms with E-state index in [0.29, 0.717) is 16.5 Å². The lowest BCUT2D eigenvalue weighted by molar-refractivity contribution is 0.510. The zero-order valence-electron chi connectivity index (χ0n) is 9.29. The molecule has 2 nitrogen and oxygen atoms in total. The van der Waals surface area contributed by atoms with Crippen LogP contribution < -0.4 is 11.3 Å². The van der Waals surface area contributed by atoms with Gasteiger partial charge >= 0.3 is 0 Å². The molecule has 0 bridgehead atoms. The van der Waals surface area contributed by atoms with Crippen molar-refractivity contribution in [2.45, 2.75) is 12.5 Å². The molecule has 1 heterocycles. The Bertz CT molecular complexity index is 547. The van der Waals surface area contributed by atoms with Crippen LogP contribution in [0.3, 0.4) is 0 Å². The molecule has 6 heteroatoms. The van der Waals surface area contributed by atoms with Crippen LogP contribution in [0.15, 0.2) is 34.8 Å². The van der Waals surface area contributed by atoms with Gasteiger partial charge in [-0.3, -0.25) is 11.3 Å². The highest BCUT2D eigenvalue weighted by Crippen LogP contribution is 2.29. The van der Waals surface area contributed by atoms with Gasteiger partial charge in [0.05, 0.1) is 14.9 Å². The molecular formula is C12H11BrClFN2S. The molecule has 3 N–H and O–H groups in total. The van der Waals surface area contributed by atoms with E-state index in [1.54, 1.807) is 18.2 Å². The van der Waals surface area contributed by atoms with Crippen LogP contribution in [-0.2, 0) is 6.42 Å². The van der Waals surface area contributed by atoms with Crippen LogP contribution in [0.5, 0.6) is 0 Å². The second-order valence-corrected chi connectivity index (χ2v) is 6.43. The lowest BCUT2D eigenvalue weighted by Crippen LogP contribution is -2.30. The van der Waals surface area contributed by atoms with Crippen LogP contribution in [0.1, 0.15) is 16.5 Å². The first kappa shape index (κ1) is 14.0. The fourth-order valence-electron chi connectivity index (χ4n) is 1.71. The summed E-state index contributed by atoms with van der Waals surface area (Å²) in [6.45, 7) is 0. The molecule has 96 valence electrons. The smallest absolute Gasteiger partial charge is 0.142 e. The van der Waals surface area contributed by atoms with Gasteiger partial charge in [-0.15, -0.1) is 11.3 Å². The average Bonchev–Trinajstić information content (AvgIpc) is 2.76. The Morgan fingerprint density at radius 2 is 2.17 bits per heavy atom. The predicted octanol–water partition coefficient (Wildman–Crippen LogP) is 4.05. The molecule has 1 aromatic carbocycles. The maximum Gasteiger partial charge on any atom is 0.142 e. The number of nitrogens with one attached hydrogen (secondary N) is 1. The maximum absolute atomic E-state index is 14.0. The summed E-state index contributed by atoms with van der Waals surface area (Å²) in [5.41, 5.74) is 3.19. The number of thiophene rings is 1. The fraction of sp³-hybridized carbons (Fsp3) is 0.167. The topological polar surface area (TPSA) is 38.0 Å². The zero-order chi connectivity index (χ0) is 13.1. The third kappa shape index (κ3) is 3.10. The molecule has 0 fully saturated rings. The van der Waals surface area contributed by atoms with Gasteiger partial charge in [0.2, 0.25) is 0 Å². The second kappa shape index (κ2) is 6.12. The van der Waals surface area contributed by atoms with E-state index in [1.807, 2.05) is 12.1 Å². The molecule has 0 radical (unpaired) electrons. The Labute approximate surface area is 122 Å². The van der Waals surface area contributed by atoms with Gasteiger partial charge in [-0.1, -0.05) is 23.7 Å². The molecule has 2 aromatic rings. The van der Waals surface area contributed by atoms with Crippen molar-refractivity contribution in [3.63, 3.8) is 0 Å². The Morgan fingerprint density at radius 1 is 1.39 bits per heavy atom. The number of nitrogens with two attached hydrogens (primary N) is 1. The van der Waals surface area contributed by atoms with E-state index in [4.69, 9.17) is 17.4 Å². The molecule has 2 rings (SSSR count). The van der Waals surface area contributed by atoms with Gasteiger partial charge in [0.25, 0.3) is 0 Å². The number of hydrazine groups is 1. The Hall–Kier alpha value is -0.460. The van der Waals surface area contributed by atoms with E-state index in [9.17, 15) is 4.39 Å². The van der Waals surface area contributed by atoms with Gasteiger partial charge < -0.3 is 0 Å². The minimum Gasteiger partial charge on any atom is -0.271 e. The monoisotopic (exact) mass is 348 g/mol. The molecule has 0 aliphatic carbocycles. The first-order chi connectivity index (χ1) is 8.61. The first-order valence-corrected chi connectivity index (χ1v) is 7.25. The highest BCUT2D eigenvalue weighted by atomic mass is 79.9. The van der Waals surface area contributed by atoms with Crippen LogP contribution in [0.4, 0.5) is 4.39 Å². The van der Waals surface area contributed by atoms with E-state index >= 15 is 0 Å². The molecule has 0 amide bonds. The molecule has 1 unspecified atom stereocenters. The van der Waals surface area contributed by atoms with E-state index < -0.39 is 0 Å². The van der Waals surface area contributed by atoms with Crippen LogP contribution in [0, 0.1) is 5.82 Å². The second-order valence-electron chi connectivity index (χ2n) is 3.77. The molecule has 18 heavy (non-hydrogen) atoms. The quantitative estimate of drug-likeness (QED) is 0.645. The summed E-state index contributed by atoms with van der Waals surface area (Å²) in [6.07, 6.45) is 0.598. The van der Waals surface area contributed by atoms with Gasteiger partial charge in [-0.2, -0.15) is 0 Å². The summed E-state index contributed by atoms with van der Waals surface area (Å²) in [7, 11) is 0. The van der Waals surface area contributed by atoms with Crippen LogP contribution in [-0.4, -0.2) is 0 Å². The summed E-state index contributed by atoms with van der Waals surface area (Å²) in [5, 5.41) is 0. The van der Waals surface area contributed by atoms with E-state index in [-0.39, 0.29) is 11.9 Å². The van der Waals surface area contributed by atoms with Gasteiger partial charge in [0, 0.05) is 16.9 Å². The Balaban J connectivity index is 2.25. The highest BCUT2D eigenvalue weighted by Gasteiger charge is 2.17. The number of benzene rings is 1. The summed E-state index contributed by atoms with van der Waals surface area (Å²) in [5.74, 6) is 5.23. The summed E-state index contributed by atoms with van der Waals surface area (Å²) < 4.78 is 15.1. The highest BCUT2D eigenvalue weighted by molar-refractivity contribution is 9.10. The number of hydrogen-bond donors (Lipinski definition) is 2. The molecule has 1 aromatic heterocycles. The number of hydrogen-bond acceptors (Lipinski definition) is 3. The molecule has 1 atom stereocenters. The van der Waals surface area contributed by atoms with E-state index in [1.165, 1.54) is 11.3 Å². The Morgan fingerprint density at radius 3 is 2.78 bits per heavy atom. The van der Waals surface area contributed by atoms with Crippen molar-refractivity contribution < 1.29 is 4.39 Å². The molecule has 0 aliphatic rings. The van der Waals surface area contributed by atoms with Crippen molar-refractivity contribution in [3.8, 4) is 0 Å². The molecule has 0 spiro atoms. The van der Waals surface area contributed by atoms with Crippen LogP contribution in [0.2, 0.25) is 4.34 Å². The maximum atomic E-state index is 14.0. The van der Waals surface area contributed by atoms with E-state index in [0.717, 1.165) is 9.21 Å². The van der Waals surface area contributed by atoms with Crippen molar-refractivity contribution >= 4 is 38.9 Å². The molecule has 0 saturated carbocycles. The minimum absolute atomic E-state index is 0.280. The van der Waals surface area contributed by atoms with E-state index in [2.05, 4.69) is 21.4 Å². The molecule has 0 saturated heterocycles. The van der Waals surface area contributed by atoms with Gasteiger partial charge in [0.15, 0.2) is 0 Å². The van der Waals surface area contributed by atoms with Gasteiger partial charge in [-0.05, 0) is 34.1 Å². The normalized spacial score (nSPS) is 12.7. The lowest BCUT2D eigenvalue weighted by Gasteiger charge is -2.16. The van der Waals surface area contributed by atoms with Crippen molar-refractivity contribution in [1.82, 2.24) is 5.43 Å². The van der Waals surface area contributed by atoms with Crippen molar-refractivity contribution in [2.24, 2.45) is 5.84 Å². The SMILES string of the molecule is NNC(Cc1ccc(Cl)s1)c1cccc(Br)c1F. The van der Waals surface area contributed by atoms with Crippen LogP contribution in [0.25, 0.3) is 0 Å². The summed E-state index contributed by atoms with van der Waals surface area (Å²) in [4.78, 5) is 1.06. The zero-order valence-corrected chi connectivity index (χ0v) is 12.4. The standard InChI is InChI=1S/C12H11BrClFN2S/c13-9-3-1-2-8(12(9)15)10(17-16)6-7-4-5-11(14)18-7/h1-5,10,17H,6,16H2. The predicted molar refractivity (Wildman–Crippen MR) is 77.2 cm³/mol. The molecule has 0 aliphatic heterocycles. The van der Waals surface area contributed by atoms with Crippen molar-refractivity contribution in [1.29, 1.82) is 0 Å². The first-order valence-electron chi connectivity index (χ1n) is 5.26. The van der Waals surface area contributed by atoms with Crippen molar-refractivity contribution in [2.75, 3.05) is 0 Å². The number of halogens is 3. The Kier molecular flexibility index (Phi) is 4.75. The van der Waals surface area contributed by atoms with Crippen molar-refractivity contribution in [3.05, 3.63) is 55.4 Å². The number of rotatable bonds is 4. The average molecular weight is 350 g/mol. The van der Waals surface area contributed by atoms with Gasteiger partial charge in [-0.25, -0.2) is 4.39 Å². The largest absolute Gasteiger partial charge is 0.271 e. The third-order valence-corrected chi connectivity index (χ3v) is 4.46. The summed E-state index contributed by atoms with van der Waals surface area (Å²) >= 11 is 10.5. The lowest BCUT2D eigenvalue weighted by atomic mass is 10.0. The third-order valence-electron chi connectivity index (χ3n) is 2.59. The fourth-order valence-corrected chi connectivity index (χ4v) is 3.23.